The second kappa shape index (κ2) is 5.99. The van der Waals surface area contributed by atoms with Gasteiger partial charge in [0.1, 0.15) is 11.1 Å². The maximum atomic E-state index is 12.1. The fourth-order valence-electron chi connectivity index (χ4n) is 2.03. The number of carbonyl (C=O) groups is 1. The highest BCUT2D eigenvalue weighted by Crippen LogP contribution is 2.18. The first-order valence-corrected chi connectivity index (χ1v) is 6.92. The number of fused-ring (bicyclic) bond motifs is 1. The molecule has 2 aromatic heterocycles. The number of halogens is 1. The Bertz CT molecular complexity index is 891. The van der Waals surface area contributed by atoms with Gasteiger partial charge in [0.2, 0.25) is 0 Å². The van der Waals surface area contributed by atoms with E-state index in [0.29, 0.717) is 22.5 Å². The molecule has 0 aliphatic heterocycles. The van der Waals surface area contributed by atoms with E-state index >= 15 is 0 Å². The monoisotopic (exact) mass is 314 g/mol. The molecular weight excluding hydrogens is 304 g/mol. The molecule has 0 spiro atoms. The van der Waals surface area contributed by atoms with E-state index in [1.54, 1.807) is 42.7 Å². The molecular formula is C16H11ClN2O3. The van der Waals surface area contributed by atoms with Crippen LogP contribution in [0.15, 0.2) is 58.0 Å². The van der Waals surface area contributed by atoms with Crippen LogP contribution in [0.1, 0.15) is 15.9 Å². The van der Waals surface area contributed by atoms with Gasteiger partial charge < -0.3 is 9.73 Å². The van der Waals surface area contributed by atoms with Crippen LogP contribution < -0.4 is 10.9 Å². The standard InChI is InChI=1S/C16H11ClN2O3/c17-12-1-2-14-11(7-12)8-13(16(21)22-14)15(20)19-9-10-3-5-18-6-4-10/h1-8H,9H2,(H,19,20). The lowest BCUT2D eigenvalue weighted by atomic mass is 10.1. The molecule has 0 atom stereocenters. The van der Waals surface area contributed by atoms with E-state index in [4.69, 9.17) is 16.0 Å². The molecule has 0 aliphatic rings. The number of benzene rings is 1. The SMILES string of the molecule is O=C(NCc1ccncc1)c1cc2cc(Cl)ccc2oc1=O. The first kappa shape index (κ1) is 14.3. The highest BCUT2D eigenvalue weighted by molar-refractivity contribution is 6.31. The maximum absolute atomic E-state index is 12.1. The Kier molecular flexibility index (Phi) is 3.89. The minimum absolute atomic E-state index is 0.0520. The first-order valence-electron chi connectivity index (χ1n) is 6.54. The Labute approximate surface area is 130 Å². The average Bonchev–Trinajstić information content (AvgIpc) is 2.53. The number of aromatic nitrogens is 1. The van der Waals surface area contributed by atoms with E-state index in [2.05, 4.69) is 10.3 Å². The van der Waals surface area contributed by atoms with Crippen LogP contribution in [0, 0.1) is 0 Å². The number of nitrogens with one attached hydrogen (secondary N) is 1. The number of carbonyl (C=O) groups excluding carboxylic acids is 1. The molecule has 1 amide bonds. The summed E-state index contributed by atoms with van der Waals surface area (Å²) in [6, 6.07) is 9.90. The van der Waals surface area contributed by atoms with Crippen molar-refractivity contribution in [3.8, 4) is 0 Å². The van der Waals surface area contributed by atoms with Gasteiger partial charge in [-0.3, -0.25) is 9.78 Å². The van der Waals surface area contributed by atoms with Gasteiger partial charge in [-0.15, -0.1) is 0 Å². The molecule has 1 aromatic carbocycles. The van der Waals surface area contributed by atoms with Crippen LogP contribution in [0.5, 0.6) is 0 Å². The van der Waals surface area contributed by atoms with Gasteiger partial charge in [-0.25, -0.2) is 4.79 Å². The molecule has 0 aliphatic carbocycles. The van der Waals surface area contributed by atoms with E-state index in [1.807, 2.05) is 0 Å². The summed E-state index contributed by atoms with van der Waals surface area (Å²) in [6.07, 6.45) is 3.27. The third-order valence-corrected chi connectivity index (χ3v) is 3.38. The predicted molar refractivity (Wildman–Crippen MR) is 82.9 cm³/mol. The van der Waals surface area contributed by atoms with Crippen LogP contribution in [0.25, 0.3) is 11.0 Å². The number of hydrogen-bond acceptors (Lipinski definition) is 4. The van der Waals surface area contributed by atoms with Crippen LogP contribution in [-0.2, 0) is 6.54 Å². The van der Waals surface area contributed by atoms with Crippen molar-refractivity contribution in [2.45, 2.75) is 6.54 Å². The normalized spacial score (nSPS) is 10.6. The summed E-state index contributed by atoms with van der Waals surface area (Å²) in [6.45, 7) is 0.300. The van der Waals surface area contributed by atoms with Crippen molar-refractivity contribution < 1.29 is 9.21 Å². The summed E-state index contributed by atoms with van der Waals surface area (Å²) in [5.74, 6) is -0.493. The zero-order chi connectivity index (χ0) is 15.5. The first-order chi connectivity index (χ1) is 10.6. The van der Waals surface area contributed by atoms with Crippen molar-refractivity contribution in [1.82, 2.24) is 10.3 Å². The summed E-state index contributed by atoms with van der Waals surface area (Å²) in [5, 5.41) is 3.78. The molecule has 22 heavy (non-hydrogen) atoms. The fourth-order valence-corrected chi connectivity index (χ4v) is 2.21. The fraction of sp³-hybridized carbons (Fsp3) is 0.0625. The predicted octanol–water partition coefficient (Wildman–Crippen LogP) is 2.77. The summed E-state index contributed by atoms with van der Waals surface area (Å²) in [4.78, 5) is 27.9. The zero-order valence-electron chi connectivity index (χ0n) is 11.4. The van der Waals surface area contributed by atoms with Gasteiger partial charge in [-0.1, -0.05) is 11.6 Å². The summed E-state index contributed by atoms with van der Waals surface area (Å²) < 4.78 is 5.14. The Morgan fingerprint density at radius 1 is 1.18 bits per heavy atom. The molecule has 0 fully saturated rings. The van der Waals surface area contributed by atoms with Gasteiger partial charge in [0.05, 0.1) is 0 Å². The van der Waals surface area contributed by atoms with Crippen molar-refractivity contribution in [1.29, 1.82) is 0 Å². The van der Waals surface area contributed by atoms with Gasteiger partial charge in [-0.2, -0.15) is 0 Å². The van der Waals surface area contributed by atoms with Crippen molar-refractivity contribution in [3.05, 3.63) is 75.4 Å². The molecule has 3 rings (SSSR count). The summed E-state index contributed by atoms with van der Waals surface area (Å²) >= 11 is 5.91. The highest BCUT2D eigenvalue weighted by Gasteiger charge is 2.13. The van der Waals surface area contributed by atoms with Gasteiger partial charge in [-0.05, 0) is 42.0 Å². The third-order valence-electron chi connectivity index (χ3n) is 3.14. The lowest BCUT2D eigenvalue weighted by molar-refractivity contribution is 0.0947. The molecule has 5 nitrogen and oxygen atoms in total. The molecule has 0 radical (unpaired) electrons. The van der Waals surface area contributed by atoms with Gasteiger partial charge in [0.25, 0.3) is 5.91 Å². The maximum Gasteiger partial charge on any atom is 0.349 e. The van der Waals surface area contributed by atoms with Crippen molar-refractivity contribution in [3.63, 3.8) is 0 Å². The van der Waals surface area contributed by atoms with Crippen LogP contribution >= 0.6 is 11.6 Å². The Morgan fingerprint density at radius 2 is 1.95 bits per heavy atom. The van der Waals surface area contributed by atoms with Crippen LogP contribution in [0.4, 0.5) is 0 Å². The average molecular weight is 315 g/mol. The lowest BCUT2D eigenvalue weighted by Crippen LogP contribution is -2.27. The topological polar surface area (TPSA) is 72.2 Å². The number of amides is 1. The van der Waals surface area contributed by atoms with E-state index < -0.39 is 11.5 Å². The molecule has 0 saturated carbocycles. The molecule has 0 unspecified atom stereocenters. The number of pyridine rings is 1. The van der Waals surface area contributed by atoms with Gasteiger partial charge >= 0.3 is 5.63 Å². The molecule has 2 heterocycles. The van der Waals surface area contributed by atoms with Crippen LogP contribution in [0.3, 0.4) is 0 Å². The van der Waals surface area contributed by atoms with Gasteiger partial charge in [0, 0.05) is 29.3 Å². The Hall–Kier alpha value is -2.66. The van der Waals surface area contributed by atoms with Crippen molar-refractivity contribution in [2.75, 3.05) is 0 Å². The summed E-state index contributed by atoms with van der Waals surface area (Å²) in [5.41, 5.74) is 0.544. The second-order valence-electron chi connectivity index (χ2n) is 4.67. The quantitative estimate of drug-likeness (QED) is 0.755. The van der Waals surface area contributed by atoms with Gasteiger partial charge in [0.15, 0.2) is 0 Å². The molecule has 3 aromatic rings. The largest absolute Gasteiger partial charge is 0.422 e. The van der Waals surface area contributed by atoms with E-state index in [9.17, 15) is 9.59 Å². The molecule has 110 valence electrons. The number of hydrogen-bond donors (Lipinski definition) is 1. The molecule has 0 bridgehead atoms. The lowest BCUT2D eigenvalue weighted by Gasteiger charge is -2.05. The van der Waals surface area contributed by atoms with Crippen LogP contribution in [0.2, 0.25) is 5.02 Å². The highest BCUT2D eigenvalue weighted by atomic mass is 35.5. The number of nitrogens with zero attached hydrogens (tertiary/aromatic N) is 1. The van der Waals surface area contributed by atoms with E-state index in [1.165, 1.54) is 6.07 Å². The molecule has 1 N–H and O–H groups in total. The Balaban J connectivity index is 1.87. The van der Waals surface area contributed by atoms with E-state index in [0.717, 1.165) is 5.56 Å². The minimum atomic E-state index is -0.679. The Morgan fingerprint density at radius 3 is 2.73 bits per heavy atom. The third kappa shape index (κ3) is 2.99. The smallest absolute Gasteiger partial charge is 0.349 e. The van der Waals surface area contributed by atoms with Crippen LogP contribution in [-0.4, -0.2) is 10.9 Å². The minimum Gasteiger partial charge on any atom is -0.422 e. The van der Waals surface area contributed by atoms with Crippen molar-refractivity contribution >= 4 is 28.5 Å². The number of rotatable bonds is 3. The van der Waals surface area contributed by atoms with Crippen molar-refractivity contribution in [2.24, 2.45) is 0 Å². The summed E-state index contributed by atoms with van der Waals surface area (Å²) in [7, 11) is 0. The second-order valence-corrected chi connectivity index (χ2v) is 5.10. The van der Waals surface area contributed by atoms with E-state index in [-0.39, 0.29) is 5.56 Å². The molecule has 6 heteroatoms. The molecule has 0 saturated heterocycles. The zero-order valence-corrected chi connectivity index (χ0v) is 12.1.